The molecule has 3 N–H and O–H groups in total. The van der Waals surface area contributed by atoms with Crippen molar-refractivity contribution in [2.45, 2.75) is 20.1 Å². The summed E-state index contributed by atoms with van der Waals surface area (Å²) >= 11 is 0. The maximum Gasteiger partial charge on any atom is 0.263 e. The fourth-order valence-electron chi connectivity index (χ4n) is 2.48. The van der Waals surface area contributed by atoms with Crippen molar-refractivity contribution in [2.24, 2.45) is 0 Å². The number of amides is 1. The summed E-state index contributed by atoms with van der Waals surface area (Å²) in [6.45, 7) is 1.96. The molecule has 0 fully saturated rings. The molecule has 0 atom stereocenters. The van der Waals surface area contributed by atoms with Crippen molar-refractivity contribution >= 4 is 16.7 Å². The Morgan fingerprint density at radius 2 is 2.00 bits per heavy atom. The fraction of sp³-hybridized carbons (Fsp3) is 0.167. The fourth-order valence-corrected chi connectivity index (χ4v) is 2.48. The van der Waals surface area contributed by atoms with Crippen molar-refractivity contribution < 1.29 is 9.90 Å². The van der Waals surface area contributed by atoms with Crippen molar-refractivity contribution in [3.8, 4) is 0 Å². The molecule has 0 bridgehead atoms. The van der Waals surface area contributed by atoms with E-state index in [4.69, 9.17) is 5.11 Å². The van der Waals surface area contributed by atoms with Crippen molar-refractivity contribution in [3.63, 3.8) is 0 Å². The lowest BCUT2D eigenvalue weighted by Crippen LogP contribution is -2.30. The van der Waals surface area contributed by atoms with E-state index in [-0.39, 0.29) is 18.0 Å². The average molecular weight is 323 g/mol. The molecule has 0 unspecified atom stereocenters. The number of nitrogens with zero attached hydrogens (tertiary/aromatic N) is 1. The maximum atomic E-state index is 12.1. The molecule has 0 spiro atoms. The second-order valence-electron chi connectivity index (χ2n) is 5.60. The normalized spacial score (nSPS) is 10.8. The van der Waals surface area contributed by atoms with E-state index in [2.05, 4.69) is 33.5 Å². The molecule has 1 amide bonds. The van der Waals surface area contributed by atoms with Crippen LogP contribution < -0.4 is 10.9 Å². The third-order valence-electron chi connectivity index (χ3n) is 3.76. The van der Waals surface area contributed by atoms with Crippen molar-refractivity contribution in [1.82, 2.24) is 15.3 Å². The maximum absolute atomic E-state index is 12.1. The Morgan fingerprint density at radius 1 is 1.21 bits per heavy atom. The number of aliphatic hydroxyl groups excluding tert-OH is 1. The summed E-state index contributed by atoms with van der Waals surface area (Å²) in [6, 6.07) is 12.2. The van der Waals surface area contributed by atoms with Crippen LogP contribution in [0.25, 0.3) is 10.8 Å². The number of aryl methyl sites for hydroxylation is 1. The minimum atomic E-state index is -0.569. The van der Waals surface area contributed by atoms with E-state index in [0.717, 1.165) is 16.3 Å². The molecule has 0 aliphatic carbocycles. The summed E-state index contributed by atoms with van der Waals surface area (Å²) in [5, 5.41) is 13.9. The Bertz CT molecular complexity index is 963. The zero-order valence-electron chi connectivity index (χ0n) is 13.2. The molecule has 3 aromatic rings. The predicted molar refractivity (Wildman–Crippen MR) is 90.6 cm³/mol. The number of rotatable bonds is 4. The average Bonchev–Trinajstić information content (AvgIpc) is 2.59. The molecule has 0 aliphatic heterocycles. The first kappa shape index (κ1) is 15.9. The number of H-pyrrole nitrogens is 1. The summed E-state index contributed by atoms with van der Waals surface area (Å²) in [6.07, 6.45) is 1.17. The quantitative estimate of drug-likeness (QED) is 0.680. The van der Waals surface area contributed by atoms with Gasteiger partial charge in [0.15, 0.2) is 0 Å². The molecule has 0 aliphatic rings. The van der Waals surface area contributed by atoms with Crippen LogP contribution in [0.2, 0.25) is 0 Å². The second kappa shape index (κ2) is 6.64. The van der Waals surface area contributed by atoms with Crippen LogP contribution in [0.5, 0.6) is 0 Å². The number of carbonyl (C=O) groups is 1. The summed E-state index contributed by atoms with van der Waals surface area (Å²) < 4.78 is 0. The van der Waals surface area contributed by atoms with Crippen LogP contribution in [-0.2, 0) is 13.2 Å². The van der Waals surface area contributed by atoms with Gasteiger partial charge in [-0.2, -0.15) is 0 Å². The van der Waals surface area contributed by atoms with Crippen molar-refractivity contribution in [2.75, 3.05) is 0 Å². The van der Waals surface area contributed by atoms with Gasteiger partial charge in [-0.3, -0.25) is 9.59 Å². The lowest BCUT2D eigenvalue weighted by Gasteiger charge is -2.07. The number of benzene rings is 2. The summed E-state index contributed by atoms with van der Waals surface area (Å²) in [4.78, 5) is 30.1. The number of fused-ring (bicyclic) bond motifs is 1. The molecule has 1 heterocycles. The number of aromatic amines is 1. The van der Waals surface area contributed by atoms with Crippen LogP contribution in [-0.4, -0.2) is 21.0 Å². The minimum absolute atomic E-state index is 0.0798. The molecule has 0 radical (unpaired) electrons. The number of hydrogen-bond acceptors (Lipinski definition) is 4. The van der Waals surface area contributed by atoms with Gasteiger partial charge in [-0.15, -0.1) is 0 Å². The van der Waals surface area contributed by atoms with Gasteiger partial charge in [0.25, 0.3) is 11.5 Å². The Morgan fingerprint density at radius 3 is 2.75 bits per heavy atom. The standard InChI is InChI=1S/C18H17N3O3/c1-11-2-4-13-5-3-12(7-14(13)6-11)8-20-17(23)15-9-19-16(10-22)21-18(15)24/h2-7,9,22H,8,10H2,1H3,(H,20,23)(H,19,21,24). The topological polar surface area (TPSA) is 95.1 Å². The third-order valence-corrected chi connectivity index (χ3v) is 3.76. The van der Waals surface area contributed by atoms with Gasteiger partial charge >= 0.3 is 0 Å². The van der Waals surface area contributed by atoms with E-state index in [1.807, 2.05) is 25.1 Å². The predicted octanol–water partition coefficient (Wildman–Crippen LogP) is 1.65. The molecule has 6 nitrogen and oxygen atoms in total. The number of hydrogen-bond donors (Lipinski definition) is 3. The van der Waals surface area contributed by atoms with Crippen molar-refractivity contribution in [1.29, 1.82) is 0 Å². The van der Waals surface area contributed by atoms with Gasteiger partial charge in [-0.25, -0.2) is 4.98 Å². The van der Waals surface area contributed by atoms with Crippen LogP contribution >= 0.6 is 0 Å². The highest BCUT2D eigenvalue weighted by atomic mass is 16.3. The summed E-state index contributed by atoms with van der Waals surface area (Å²) in [5.74, 6) is -0.376. The molecule has 0 saturated carbocycles. The number of aliphatic hydroxyl groups is 1. The molecular formula is C18H17N3O3. The van der Waals surface area contributed by atoms with Crippen LogP contribution in [0.3, 0.4) is 0 Å². The lowest BCUT2D eigenvalue weighted by atomic mass is 10.0. The van der Waals surface area contributed by atoms with Gasteiger partial charge in [0.2, 0.25) is 0 Å². The highest BCUT2D eigenvalue weighted by Crippen LogP contribution is 2.17. The van der Waals surface area contributed by atoms with Crippen LogP contribution in [0.4, 0.5) is 0 Å². The molecule has 6 heteroatoms. The van der Waals surface area contributed by atoms with E-state index >= 15 is 0 Å². The first-order valence-corrected chi connectivity index (χ1v) is 7.53. The van der Waals surface area contributed by atoms with Gasteiger partial charge in [-0.05, 0) is 29.3 Å². The Hall–Kier alpha value is -2.99. The zero-order chi connectivity index (χ0) is 17.1. The first-order valence-electron chi connectivity index (χ1n) is 7.53. The minimum Gasteiger partial charge on any atom is -0.388 e. The van der Waals surface area contributed by atoms with E-state index in [9.17, 15) is 9.59 Å². The van der Waals surface area contributed by atoms with Gasteiger partial charge in [0, 0.05) is 12.7 Å². The van der Waals surface area contributed by atoms with E-state index < -0.39 is 11.5 Å². The van der Waals surface area contributed by atoms with Gasteiger partial charge in [-0.1, -0.05) is 35.9 Å². The SMILES string of the molecule is Cc1ccc2ccc(CNC(=O)c3cnc(CO)[nH]c3=O)cc2c1. The monoisotopic (exact) mass is 323 g/mol. The van der Waals surface area contributed by atoms with E-state index in [1.54, 1.807) is 0 Å². The Kier molecular flexibility index (Phi) is 4.39. The van der Waals surface area contributed by atoms with Gasteiger partial charge < -0.3 is 15.4 Å². The molecule has 2 aromatic carbocycles. The molecule has 3 rings (SSSR count). The van der Waals surface area contributed by atoms with E-state index in [0.29, 0.717) is 6.54 Å². The first-order chi connectivity index (χ1) is 11.6. The highest BCUT2D eigenvalue weighted by molar-refractivity contribution is 5.93. The molecule has 1 aromatic heterocycles. The van der Waals surface area contributed by atoms with E-state index in [1.165, 1.54) is 11.8 Å². The van der Waals surface area contributed by atoms with Crippen LogP contribution in [0, 0.1) is 6.92 Å². The van der Waals surface area contributed by atoms with Crippen LogP contribution in [0.15, 0.2) is 47.4 Å². The van der Waals surface area contributed by atoms with Gasteiger partial charge in [0.1, 0.15) is 18.0 Å². The smallest absolute Gasteiger partial charge is 0.263 e. The Labute approximate surface area is 138 Å². The third kappa shape index (κ3) is 3.33. The Balaban J connectivity index is 1.75. The van der Waals surface area contributed by atoms with Gasteiger partial charge in [0.05, 0.1) is 0 Å². The number of nitrogens with one attached hydrogen (secondary N) is 2. The second-order valence-corrected chi connectivity index (χ2v) is 5.60. The number of carbonyl (C=O) groups excluding carboxylic acids is 1. The molecular weight excluding hydrogens is 306 g/mol. The van der Waals surface area contributed by atoms with Crippen LogP contribution in [0.1, 0.15) is 27.3 Å². The van der Waals surface area contributed by atoms with Crippen molar-refractivity contribution in [3.05, 3.63) is 75.5 Å². The number of aromatic nitrogens is 2. The summed E-state index contributed by atoms with van der Waals surface area (Å²) in [7, 11) is 0. The zero-order valence-corrected chi connectivity index (χ0v) is 13.2. The molecule has 24 heavy (non-hydrogen) atoms. The molecule has 0 saturated heterocycles. The lowest BCUT2D eigenvalue weighted by molar-refractivity contribution is 0.0948. The molecule has 122 valence electrons. The highest BCUT2D eigenvalue weighted by Gasteiger charge is 2.11. The largest absolute Gasteiger partial charge is 0.388 e. The summed E-state index contributed by atoms with van der Waals surface area (Å²) in [5.41, 5.74) is 1.47.